The Labute approximate surface area is 36.4 Å². The van der Waals surface area contributed by atoms with Gasteiger partial charge in [0.15, 0.2) is 0 Å². The van der Waals surface area contributed by atoms with E-state index in [1.54, 1.807) is 0 Å². The van der Waals surface area contributed by atoms with Gasteiger partial charge in [-0.1, -0.05) is 0 Å². The number of rotatable bonds is 1. The molecule has 4 N–H and O–H groups in total. The first kappa shape index (κ1) is 5.88. The topological polar surface area (TPSA) is 70.0 Å². The maximum absolute atomic E-state index is 5.11. The first-order valence-electron chi connectivity index (χ1n) is 1.75. The van der Waals surface area contributed by atoms with Crippen LogP contribution in [0.25, 0.3) is 0 Å². The highest BCUT2D eigenvalue weighted by Gasteiger charge is 2.18. The molecular weight excluding hydrogens is 82.0 g/mol. The van der Waals surface area contributed by atoms with Gasteiger partial charge in [0.2, 0.25) is 0 Å². The van der Waals surface area contributed by atoms with E-state index in [0.29, 0.717) is 12.6 Å². The molecule has 3 nitrogen and oxygen atoms in total. The Morgan fingerprint density at radius 3 is 2.33 bits per heavy atom. The number of epoxide rings is 1. The number of hydrogen-bond donors (Lipinski definition) is 1. The van der Waals surface area contributed by atoms with Gasteiger partial charge in [0, 0.05) is 6.54 Å². The van der Waals surface area contributed by atoms with Crippen LogP contribution in [0.15, 0.2) is 0 Å². The molecule has 1 fully saturated rings. The average molecular weight is 91.1 g/mol. The van der Waals surface area contributed by atoms with Gasteiger partial charge in [-0.2, -0.15) is 0 Å². The molecule has 38 valence electrons. The summed E-state index contributed by atoms with van der Waals surface area (Å²) in [5.41, 5.74) is 5.11. The minimum Gasteiger partial charge on any atom is -0.412 e. The summed E-state index contributed by atoms with van der Waals surface area (Å²) in [6.45, 7) is 1.58. The summed E-state index contributed by atoms with van der Waals surface area (Å²) in [6.07, 6.45) is 0.412. The molecule has 0 radical (unpaired) electrons. The molecule has 1 saturated heterocycles. The molecule has 0 aromatic carbocycles. The molecular formula is C3H9NO2. The largest absolute Gasteiger partial charge is 0.412 e. The van der Waals surface area contributed by atoms with Crippen molar-refractivity contribution in [2.45, 2.75) is 6.10 Å². The molecule has 6 heavy (non-hydrogen) atoms. The number of ether oxygens (including phenoxy) is 1. The van der Waals surface area contributed by atoms with E-state index >= 15 is 0 Å². The highest BCUT2D eigenvalue weighted by Crippen LogP contribution is 2.03. The summed E-state index contributed by atoms with van der Waals surface area (Å²) >= 11 is 0. The standard InChI is InChI=1S/C3H7NO.H2O/c4-1-3-2-5-3;/h3H,1-2,4H2;1H2. The zero-order valence-corrected chi connectivity index (χ0v) is 3.48. The van der Waals surface area contributed by atoms with Crippen LogP contribution < -0.4 is 5.73 Å². The van der Waals surface area contributed by atoms with Gasteiger partial charge in [0.25, 0.3) is 0 Å². The molecule has 1 aliphatic heterocycles. The van der Waals surface area contributed by atoms with E-state index < -0.39 is 0 Å². The van der Waals surface area contributed by atoms with Gasteiger partial charge >= 0.3 is 0 Å². The minimum atomic E-state index is 0. The average Bonchev–Trinajstić information content (AvgIpc) is 2.12. The lowest BCUT2D eigenvalue weighted by Gasteiger charge is -1.71. The van der Waals surface area contributed by atoms with Crippen LogP contribution in [0.2, 0.25) is 0 Å². The quantitative estimate of drug-likeness (QED) is 0.400. The summed E-state index contributed by atoms with van der Waals surface area (Å²) < 4.78 is 4.73. The first-order chi connectivity index (χ1) is 2.43. The van der Waals surface area contributed by atoms with Gasteiger partial charge in [-0.3, -0.25) is 0 Å². The van der Waals surface area contributed by atoms with Gasteiger partial charge in [-0.05, 0) is 0 Å². The fourth-order valence-electron chi connectivity index (χ4n) is 0.204. The second-order valence-electron chi connectivity index (χ2n) is 1.19. The molecule has 1 heterocycles. The third-order valence-corrected chi connectivity index (χ3v) is 0.665. The molecule has 0 aromatic rings. The Hall–Kier alpha value is -0.120. The third kappa shape index (κ3) is 1.35. The number of hydrogen-bond acceptors (Lipinski definition) is 2. The molecule has 0 saturated carbocycles. The van der Waals surface area contributed by atoms with Crippen molar-refractivity contribution < 1.29 is 10.2 Å². The summed E-state index contributed by atoms with van der Waals surface area (Å²) in [5.74, 6) is 0. The van der Waals surface area contributed by atoms with Crippen molar-refractivity contribution >= 4 is 0 Å². The van der Waals surface area contributed by atoms with E-state index in [-0.39, 0.29) is 5.48 Å². The van der Waals surface area contributed by atoms with Crippen molar-refractivity contribution in [3.8, 4) is 0 Å². The van der Waals surface area contributed by atoms with Crippen molar-refractivity contribution in [3.05, 3.63) is 0 Å². The van der Waals surface area contributed by atoms with E-state index in [4.69, 9.17) is 10.5 Å². The Bertz CT molecular complexity index is 35.8. The Kier molecular flexibility index (Phi) is 2.08. The Morgan fingerprint density at radius 2 is 2.33 bits per heavy atom. The molecule has 1 rings (SSSR count). The van der Waals surface area contributed by atoms with Crippen molar-refractivity contribution in [1.29, 1.82) is 0 Å². The fraction of sp³-hybridized carbons (Fsp3) is 1.00. The van der Waals surface area contributed by atoms with Gasteiger partial charge in [0.1, 0.15) is 0 Å². The lowest BCUT2D eigenvalue weighted by molar-refractivity contribution is 0.412. The van der Waals surface area contributed by atoms with Crippen LogP contribution in [0.5, 0.6) is 0 Å². The van der Waals surface area contributed by atoms with E-state index in [1.807, 2.05) is 0 Å². The van der Waals surface area contributed by atoms with Crippen LogP contribution in [-0.4, -0.2) is 24.7 Å². The molecule has 1 aliphatic rings. The summed E-state index contributed by atoms with van der Waals surface area (Å²) in [7, 11) is 0. The van der Waals surface area contributed by atoms with Crippen LogP contribution >= 0.6 is 0 Å². The van der Waals surface area contributed by atoms with Gasteiger partial charge in [0.05, 0.1) is 12.7 Å². The predicted molar refractivity (Wildman–Crippen MR) is 22.4 cm³/mol. The monoisotopic (exact) mass is 91.1 g/mol. The normalized spacial score (nSPS) is 28.5. The Balaban J connectivity index is 0.000000250. The number of nitrogens with two attached hydrogens (primary N) is 1. The van der Waals surface area contributed by atoms with Crippen molar-refractivity contribution in [2.75, 3.05) is 13.2 Å². The molecule has 0 amide bonds. The lowest BCUT2D eigenvalue weighted by Crippen LogP contribution is -2.05. The van der Waals surface area contributed by atoms with E-state index in [9.17, 15) is 0 Å². The van der Waals surface area contributed by atoms with Crippen LogP contribution in [0.1, 0.15) is 0 Å². The molecule has 1 unspecified atom stereocenters. The smallest absolute Gasteiger partial charge is 0.0931 e. The van der Waals surface area contributed by atoms with Crippen LogP contribution in [0.3, 0.4) is 0 Å². The lowest BCUT2D eigenvalue weighted by atomic mass is 10.5. The van der Waals surface area contributed by atoms with Gasteiger partial charge in [-0.15, -0.1) is 0 Å². The SMILES string of the molecule is NCC1CO1.O. The summed E-state index contributed by atoms with van der Waals surface area (Å²) in [6, 6.07) is 0. The van der Waals surface area contributed by atoms with Crippen LogP contribution in [0, 0.1) is 0 Å². The van der Waals surface area contributed by atoms with Crippen molar-refractivity contribution in [1.82, 2.24) is 0 Å². The summed E-state index contributed by atoms with van der Waals surface area (Å²) in [4.78, 5) is 0. The second kappa shape index (κ2) is 2.12. The molecule has 0 aromatic heterocycles. The molecule has 3 heteroatoms. The van der Waals surface area contributed by atoms with E-state index in [0.717, 1.165) is 6.61 Å². The molecule has 0 aliphatic carbocycles. The Morgan fingerprint density at radius 1 is 1.83 bits per heavy atom. The molecule has 0 spiro atoms. The zero-order chi connectivity index (χ0) is 3.70. The third-order valence-electron chi connectivity index (χ3n) is 0.665. The highest BCUT2D eigenvalue weighted by molar-refractivity contribution is 4.67. The van der Waals surface area contributed by atoms with E-state index in [1.165, 1.54) is 0 Å². The van der Waals surface area contributed by atoms with Gasteiger partial charge in [-0.25, -0.2) is 0 Å². The summed E-state index contributed by atoms with van der Waals surface area (Å²) in [5, 5.41) is 0. The minimum absolute atomic E-state index is 0. The maximum Gasteiger partial charge on any atom is 0.0931 e. The van der Waals surface area contributed by atoms with Gasteiger partial charge < -0.3 is 15.9 Å². The fourth-order valence-corrected chi connectivity index (χ4v) is 0.204. The zero-order valence-electron chi connectivity index (χ0n) is 3.48. The second-order valence-corrected chi connectivity index (χ2v) is 1.19. The maximum atomic E-state index is 5.11. The highest BCUT2D eigenvalue weighted by atomic mass is 16.6. The molecule has 0 bridgehead atoms. The molecule has 1 atom stereocenters. The van der Waals surface area contributed by atoms with E-state index in [2.05, 4.69) is 0 Å². The van der Waals surface area contributed by atoms with Crippen LogP contribution in [-0.2, 0) is 4.74 Å². The van der Waals surface area contributed by atoms with Crippen molar-refractivity contribution in [2.24, 2.45) is 5.73 Å². The predicted octanol–water partition coefficient (Wildman–Crippen LogP) is -1.48. The first-order valence-corrected chi connectivity index (χ1v) is 1.75. The van der Waals surface area contributed by atoms with Crippen molar-refractivity contribution in [3.63, 3.8) is 0 Å². The van der Waals surface area contributed by atoms with Crippen LogP contribution in [0.4, 0.5) is 0 Å².